The van der Waals surface area contributed by atoms with E-state index in [0.29, 0.717) is 24.3 Å². The van der Waals surface area contributed by atoms with Crippen molar-refractivity contribution in [2.75, 3.05) is 14.2 Å². The molecule has 1 aromatic rings. The largest absolute Gasteiger partial charge is 0.497 e. The zero-order chi connectivity index (χ0) is 15.1. The van der Waals surface area contributed by atoms with Gasteiger partial charge in [0.15, 0.2) is 0 Å². The zero-order valence-corrected chi connectivity index (χ0v) is 12.0. The van der Waals surface area contributed by atoms with Crippen molar-refractivity contribution in [1.82, 2.24) is 9.80 Å². The van der Waals surface area contributed by atoms with Gasteiger partial charge in [0.2, 0.25) is 5.91 Å². The number of likely N-dealkylation sites (tertiary alicyclic amines) is 1. The summed E-state index contributed by atoms with van der Waals surface area (Å²) in [4.78, 5) is 38.9. The summed E-state index contributed by atoms with van der Waals surface area (Å²) in [6.07, 6.45) is 0.676. The van der Waals surface area contributed by atoms with E-state index in [1.165, 1.54) is 7.05 Å². The number of hydrogen-bond acceptors (Lipinski definition) is 4. The van der Waals surface area contributed by atoms with Gasteiger partial charge in [-0.25, -0.2) is 0 Å². The number of hydrogen-bond donors (Lipinski definition) is 0. The number of piperidine rings is 1. The SMILES string of the molecule is COc1ccc2c(c1)CN(C1CCC(=O)N(C)C1=O)C2=O. The predicted molar refractivity (Wildman–Crippen MR) is 73.7 cm³/mol. The Bertz CT molecular complexity index is 641. The third-order valence-corrected chi connectivity index (χ3v) is 4.14. The molecule has 6 nitrogen and oxygen atoms in total. The first-order valence-electron chi connectivity index (χ1n) is 6.81. The smallest absolute Gasteiger partial charge is 0.255 e. The molecule has 0 aliphatic carbocycles. The Morgan fingerprint density at radius 1 is 1.24 bits per heavy atom. The van der Waals surface area contributed by atoms with Gasteiger partial charge < -0.3 is 9.64 Å². The highest BCUT2D eigenvalue weighted by atomic mass is 16.5. The van der Waals surface area contributed by atoms with Crippen molar-refractivity contribution in [3.8, 4) is 5.75 Å². The topological polar surface area (TPSA) is 66.9 Å². The summed E-state index contributed by atoms with van der Waals surface area (Å²) in [6, 6.07) is 4.71. The number of carbonyl (C=O) groups is 3. The number of methoxy groups -OCH3 is 1. The Labute approximate surface area is 122 Å². The van der Waals surface area contributed by atoms with E-state index < -0.39 is 6.04 Å². The van der Waals surface area contributed by atoms with E-state index in [4.69, 9.17) is 4.74 Å². The number of benzene rings is 1. The summed E-state index contributed by atoms with van der Waals surface area (Å²) in [7, 11) is 3.04. The molecular formula is C15H16N2O4. The standard InChI is InChI=1S/C15H16N2O4/c1-16-13(18)6-5-12(15(16)20)17-8-9-7-10(21-2)3-4-11(9)14(17)19/h3-4,7,12H,5-6,8H2,1-2H3. The molecule has 0 N–H and O–H groups in total. The zero-order valence-electron chi connectivity index (χ0n) is 12.0. The second-order valence-electron chi connectivity index (χ2n) is 5.30. The molecule has 0 spiro atoms. The minimum Gasteiger partial charge on any atom is -0.497 e. The second kappa shape index (κ2) is 4.87. The summed E-state index contributed by atoms with van der Waals surface area (Å²) in [5, 5.41) is 0. The molecule has 1 unspecified atom stereocenters. The van der Waals surface area contributed by atoms with Crippen LogP contribution in [0.15, 0.2) is 18.2 Å². The molecule has 0 radical (unpaired) electrons. The summed E-state index contributed by atoms with van der Waals surface area (Å²) < 4.78 is 5.16. The number of fused-ring (bicyclic) bond motifs is 1. The van der Waals surface area contributed by atoms with Crippen LogP contribution in [0, 0.1) is 0 Å². The first-order valence-corrected chi connectivity index (χ1v) is 6.81. The molecule has 3 rings (SSSR count). The van der Waals surface area contributed by atoms with E-state index in [9.17, 15) is 14.4 Å². The second-order valence-corrected chi connectivity index (χ2v) is 5.30. The van der Waals surface area contributed by atoms with E-state index in [2.05, 4.69) is 0 Å². The maximum atomic E-state index is 12.5. The first kappa shape index (κ1) is 13.6. The van der Waals surface area contributed by atoms with Gasteiger partial charge >= 0.3 is 0 Å². The fraction of sp³-hybridized carbons (Fsp3) is 0.400. The van der Waals surface area contributed by atoms with Crippen LogP contribution in [0.2, 0.25) is 0 Å². The molecule has 6 heteroatoms. The van der Waals surface area contributed by atoms with Gasteiger partial charge in [-0.05, 0) is 30.2 Å². The molecule has 1 atom stereocenters. The van der Waals surface area contributed by atoms with Crippen molar-refractivity contribution < 1.29 is 19.1 Å². The van der Waals surface area contributed by atoms with Gasteiger partial charge in [0, 0.05) is 25.6 Å². The van der Waals surface area contributed by atoms with Gasteiger partial charge in [-0.1, -0.05) is 0 Å². The summed E-state index contributed by atoms with van der Waals surface area (Å²) >= 11 is 0. The number of carbonyl (C=O) groups excluding carboxylic acids is 3. The van der Waals surface area contributed by atoms with Crippen LogP contribution in [0.1, 0.15) is 28.8 Å². The number of amides is 3. The van der Waals surface area contributed by atoms with Crippen LogP contribution < -0.4 is 4.74 Å². The Morgan fingerprint density at radius 3 is 2.71 bits per heavy atom. The molecule has 2 aliphatic heterocycles. The molecule has 2 heterocycles. The van der Waals surface area contributed by atoms with Crippen molar-refractivity contribution in [1.29, 1.82) is 0 Å². The van der Waals surface area contributed by atoms with E-state index in [1.54, 1.807) is 24.1 Å². The molecule has 0 saturated carbocycles. The summed E-state index contributed by atoms with van der Waals surface area (Å²) in [5.74, 6) is 0.0286. The van der Waals surface area contributed by atoms with E-state index in [-0.39, 0.29) is 24.1 Å². The fourth-order valence-corrected chi connectivity index (χ4v) is 2.89. The number of ether oxygens (including phenoxy) is 1. The summed E-state index contributed by atoms with van der Waals surface area (Å²) in [6.45, 7) is 0.379. The summed E-state index contributed by atoms with van der Waals surface area (Å²) in [5.41, 5.74) is 1.45. The Balaban J connectivity index is 1.87. The quantitative estimate of drug-likeness (QED) is 0.755. The lowest BCUT2D eigenvalue weighted by molar-refractivity contribution is -0.150. The molecular weight excluding hydrogens is 272 g/mol. The number of nitrogens with zero attached hydrogens (tertiary/aromatic N) is 2. The van der Waals surface area contributed by atoms with Crippen LogP contribution in [-0.4, -0.2) is 47.7 Å². The van der Waals surface area contributed by atoms with Crippen LogP contribution in [-0.2, 0) is 16.1 Å². The molecule has 110 valence electrons. The number of rotatable bonds is 2. The maximum absolute atomic E-state index is 12.5. The molecule has 21 heavy (non-hydrogen) atoms. The van der Waals surface area contributed by atoms with Crippen molar-refractivity contribution in [3.05, 3.63) is 29.3 Å². The molecule has 0 aromatic heterocycles. The van der Waals surface area contributed by atoms with E-state index in [0.717, 1.165) is 10.5 Å². The molecule has 1 saturated heterocycles. The Morgan fingerprint density at radius 2 is 2.00 bits per heavy atom. The van der Waals surface area contributed by atoms with Crippen LogP contribution in [0.25, 0.3) is 0 Å². The van der Waals surface area contributed by atoms with Gasteiger partial charge in [-0.2, -0.15) is 0 Å². The number of imide groups is 1. The van der Waals surface area contributed by atoms with Crippen molar-refractivity contribution in [2.24, 2.45) is 0 Å². The average Bonchev–Trinajstić information content (AvgIpc) is 2.81. The van der Waals surface area contributed by atoms with E-state index in [1.807, 2.05) is 6.07 Å². The Kier molecular flexibility index (Phi) is 3.16. The van der Waals surface area contributed by atoms with Crippen molar-refractivity contribution in [3.63, 3.8) is 0 Å². The lowest BCUT2D eigenvalue weighted by Crippen LogP contribution is -2.53. The van der Waals surface area contributed by atoms with E-state index >= 15 is 0 Å². The highest BCUT2D eigenvalue weighted by Gasteiger charge is 2.41. The van der Waals surface area contributed by atoms with Gasteiger partial charge in [-0.3, -0.25) is 19.3 Å². The highest BCUT2D eigenvalue weighted by Crippen LogP contribution is 2.30. The van der Waals surface area contributed by atoms with Gasteiger partial charge in [0.1, 0.15) is 11.8 Å². The predicted octanol–water partition coefficient (Wildman–Crippen LogP) is 0.798. The molecule has 1 aromatic carbocycles. The van der Waals surface area contributed by atoms with Crippen LogP contribution in [0.5, 0.6) is 5.75 Å². The lowest BCUT2D eigenvalue weighted by Gasteiger charge is -2.33. The third-order valence-electron chi connectivity index (χ3n) is 4.14. The molecule has 1 fully saturated rings. The van der Waals surface area contributed by atoms with Crippen LogP contribution in [0.3, 0.4) is 0 Å². The lowest BCUT2D eigenvalue weighted by atomic mass is 10.0. The molecule has 2 aliphatic rings. The minimum atomic E-state index is -0.557. The first-order chi connectivity index (χ1) is 10.0. The monoisotopic (exact) mass is 288 g/mol. The average molecular weight is 288 g/mol. The van der Waals surface area contributed by atoms with Gasteiger partial charge in [0.25, 0.3) is 11.8 Å². The van der Waals surface area contributed by atoms with Crippen LogP contribution >= 0.6 is 0 Å². The normalized spacial score (nSPS) is 21.8. The van der Waals surface area contributed by atoms with Gasteiger partial charge in [0.05, 0.1) is 7.11 Å². The van der Waals surface area contributed by atoms with Crippen molar-refractivity contribution >= 4 is 17.7 Å². The van der Waals surface area contributed by atoms with Crippen LogP contribution in [0.4, 0.5) is 0 Å². The minimum absolute atomic E-state index is 0.159. The Hall–Kier alpha value is -2.37. The number of likely N-dealkylation sites (N-methyl/N-ethyl adjacent to an activating group) is 1. The maximum Gasteiger partial charge on any atom is 0.255 e. The molecule has 0 bridgehead atoms. The molecule has 3 amide bonds. The highest BCUT2D eigenvalue weighted by molar-refractivity contribution is 6.05. The van der Waals surface area contributed by atoms with Gasteiger partial charge in [-0.15, -0.1) is 0 Å². The third kappa shape index (κ3) is 2.07. The fourth-order valence-electron chi connectivity index (χ4n) is 2.89. The van der Waals surface area contributed by atoms with Crippen molar-refractivity contribution in [2.45, 2.75) is 25.4 Å².